The lowest BCUT2D eigenvalue weighted by atomic mass is 10.1. The zero-order valence-electron chi connectivity index (χ0n) is 13.2. The van der Waals surface area contributed by atoms with E-state index in [1.807, 2.05) is 32.0 Å². The molecule has 1 atom stereocenters. The van der Waals surface area contributed by atoms with Crippen molar-refractivity contribution >= 4 is 11.8 Å². The number of ether oxygens (including phenoxy) is 1. The van der Waals surface area contributed by atoms with Crippen molar-refractivity contribution in [1.82, 2.24) is 5.32 Å². The summed E-state index contributed by atoms with van der Waals surface area (Å²) in [5.74, 6) is -0.412. The molecular weight excluding hydrogens is 292 g/mol. The van der Waals surface area contributed by atoms with Crippen LogP contribution >= 0.6 is 0 Å². The highest BCUT2D eigenvalue weighted by molar-refractivity contribution is 5.88. The third-order valence-corrected chi connectivity index (χ3v) is 3.57. The van der Waals surface area contributed by atoms with E-state index < -0.39 is 17.9 Å². The number of primary amides is 1. The molecule has 0 aliphatic rings. The van der Waals surface area contributed by atoms with Gasteiger partial charge in [-0.1, -0.05) is 36.4 Å². The van der Waals surface area contributed by atoms with Crippen LogP contribution in [0.1, 0.15) is 22.7 Å². The van der Waals surface area contributed by atoms with E-state index in [1.165, 1.54) is 0 Å². The highest BCUT2D eigenvalue weighted by atomic mass is 16.5. The summed E-state index contributed by atoms with van der Waals surface area (Å²) in [6.07, 6.45) is 0. The number of benzene rings is 2. The predicted octanol–water partition coefficient (Wildman–Crippen LogP) is 2.03. The summed E-state index contributed by atoms with van der Waals surface area (Å²) in [7, 11) is 0. The van der Waals surface area contributed by atoms with Gasteiger partial charge in [0, 0.05) is 0 Å². The lowest BCUT2D eigenvalue weighted by Crippen LogP contribution is -2.39. The molecule has 0 aromatic heterocycles. The van der Waals surface area contributed by atoms with Crippen LogP contribution in [0.4, 0.5) is 0 Å². The molecule has 0 fully saturated rings. The summed E-state index contributed by atoms with van der Waals surface area (Å²) in [5, 5.41) is 2.59. The normalized spacial score (nSPS) is 11.6. The van der Waals surface area contributed by atoms with Crippen LogP contribution in [0.25, 0.3) is 0 Å². The third-order valence-electron chi connectivity index (χ3n) is 3.57. The van der Waals surface area contributed by atoms with Crippen molar-refractivity contribution in [2.24, 2.45) is 5.73 Å². The zero-order chi connectivity index (χ0) is 16.8. The van der Waals surface area contributed by atoms with Crippen LogP contribution in [0.15, 0.2) is 48.5 Å². The van der Waals surface area contributed by atoms with Gasteiger partial charge in [0.1, 0.15) is 11.8 Å². The van der Waals surface area contributed by atoms with Gasteiger partial charge in [0.05, 0.1) is 0 Å². The van der Waals surface area contributed by atoms with Gasteiger partial charge in [-0.2, -0.15) is 0 Å². The molecule has 2 amide bonds. The van der Waals surface area contributed by atoms with Crippen LogP contribution in [0.3, 0.4) is 0 Å². The Bertz CT molecular complexity index is 699. The van der Waals surface area contributed by atoms with E-state index in [1.54, 1.807) is 30.3 Å². The minimum atomic E-state index is -0.868. The van der Waals surface area contributed by atoms with Crippen molar-refractivity contribution in [3.8, 4) is 5.75 Å². The van der Waals surface area contributed by atoms with Crippen LogP contribution in [0.2, 0.25) is 0 Å². The topological polar surface area (TPSA) is 81.4 Å². The molecule has 5 heteroatoms. The average molecular weight is 312 g/mol. The van der Waals surface area contributed by atoms with Crippen molar-refractivity contribution < 1.29 is 14.3 Å². The molecule has 0 bridgehead atoms. The molecule has 23 heavy (non-hydrogen) atoms. The fourth-order valence-electron chi connectivity index (χ4n) is 2.12. The molecule has 120 valence electrons. The Labute approximate surface area is 135 Å². The maximum absolute atomic E-state index is 12.0. The summed E-state index contributed by atoms with van der Waals surface area (Å²) in [6.45, 7) is 3.79. The number of hydrogen-bond donors (Lipinski definition) is 2. The molecule has 0 aliphatic heterocycles. The van der Waals surface area contributed by atoms with Crippen LogP contribution in [-0.2, 0) is 9.59 Å². The Morgan fingerprint density at radius 2 is 1.78 bits per heavy atom. The van der Waals surface area contributed by atoms with E-state index in [0.29, 0.717) is 11.3 Å². The number of aryl methyl sites for hydroxylation is 2. The predicted molar refractivity (Wildman–Crippen MR) is 87.9 cm³/mol. The highest BCUT2D eigenvalue weighted by Gasteiger charge is 2.20. The van der Waals surface area contributed by atoms with Crippen molar-refractivity contribution in [1.29, 1.82) is 0 Å². The second kappa shape index (κ2) is 7.45. The van der Waals surface area contributed by atoms with Gasteiger partial charge >= 0.3 is 0 Å². The number of nitrogens with one attached hydrogen (secondary N) is 1. The average Bonchev–Trinajstić information content (AvgIpc) is 2.54. The first-order valence-corrected chi connectivity index (χ1v) is 7.31. The quantitative estimate of drug-likeness (QED) is 0.856. The van der Waals surface area contributed by atoms with E-state index in [4.69, 9.17) is 10.5 Å². The van der Waals surface area contributed by atoms with E-state index in [0.717, 1.165) is 11.1 Å². The summed E-state index contributed by atoms with van der Waals surface area (Å²) in [5.41, 5.74) is 8.24. The summed E-state index contributed by atoms with van der Waals surface area (Å²) in [4.78, 5) is 23.6. The smallest absolute Gasteiger partial charge is 0.258 e. The van der Waals surface area contributed by atoms with Gasteiger partial charge in [0.25, 0.3) is 5.91 Å². The van der Waals surface area contributed by atoms with E-state index in [9.17, 15) is 9.59 Å². The maximum Gasteiger partial charge on any atom is 0.258 e. The molecule has 0 spiro atoms. The Kier molecular flexibility index (Phi) is 5.36. The first-order valence-electron chi connectivity index (χ1n) is 7.31. The number of nitrogens with two attached hydrogens (primary N) is 1. The fraction of sp³-hybridized carbons (Fsp3) is 0.222. The van der Waals surface area contributed by atoms with E-state index >= 15 is 0 Å². The second-order valence-corrected chi connectivity index (χ2v) is 5.35. The molecule has 0 unspecified atom stereocenters. The number of carbonyl (C=O) groups is 2. The van der Waals surface area contributed by atoms with Crippen molar-refractivity contribution in [2.75, 3.05) is 6.61 Å². The van der Waals surface area contributed by atoms with Gasteiger partial charge in [-0.05, 0) is 42.7 Å². The van der Waals surface area contributed by atoms with Gasteiger partial charge in [-0.25, -0.2) is 0 Å². The minimum absolute atomic E-state index is 0.181. The SMILES string of the molecule is Cc1ccc(OCC(=O)N[C@H](C(N)=O)c2ccccc2)cc1C. The number of amides is 2. The van der Waals surface area contributed by atoms with Crippen LogP contribution < -0.4 is 15.8 Å². The summed E-state index contributed by atoms with van der Waals surface area (Å²) < 4.78 is 5.46. The van der Waals surface area contributed by atoms with Crippen molar-refractivity contribution in [3.05, 3.63) is 65.2 Å². The first-order chi connectivity index (χ1) is 11.0. The number of rotatable bonds is 6. The third kappa shape index (κ3) is 4.57. The molecule has 2 aromatic carbocycles. The van der Waals surface area contributed by atoms with Gasteiger partial charge in [0.2, 0.25) is 5.91 Å². The molecule has 0 aliphatic carbocycles. The Morgan fingerprint density at radius 1 is 1.09 bits per heavy atom. The minimum Gasteiger partial charge on any atom is -0.484 e. The van der Waals surface area contributed by atoms with Crippen LogP contribution in [0, 0.1) is 13.8 Å². The van der Waals surface area contributed by atoms with Gasteiger partial charge in [-0.3, -0.25) is 9.59 Å². The second-order valence-electron chi connectivity index (χ2n) is 5.35. The van der Waals surface area contributed by atoms with E-state index in [-0.39, 0.29) is 6.61 Å². The van der Waals surface area contributed by atoms with Crippen molar-refractivity contribution in [2.45, 2.75) is 19.9 Å². The van der Waals surface area contributed by atoms with Gasteiger partial charge < -0.3 is 15.8 Å². The maximum atomic E-state index is 12.0. The Morgan fingerprint density at radius 3 is 2.39 bits per heavy atom. The van der Waals surface area contributed by atoms with Crippen LogP contribution in [0.5, 0.6) is 5.75 Å². The largest absolute Gasteiger partial charge is 0.484 e. The molecule has 0 saturated carbocycles. The van der Waals surface area contributed by atoms with Crippen molar-refractivity contribution in [3.63, 3.8) is 0 Å². The van der Waals surface area contributed by atoms with E-state index in [2.05, 4.69) is 5.32 Å². The molecule has 2 aromatic rings. The number of carbonyl (C=O) groups excluding carboxylic acids is 2. The lowest BCUT2D eigenvalue weighted by Gasteiger charge is -2.16. The highest BCUT2D eigenvalue weighted by Crippen LogP contribution is 2.16. The standard InChI is InChI=1S/C18H20N2O3/c1-12-8-9-15(10-13(12)2)23-11-16(21)20-17(18(19)22)14-6-4-3-5-7-14/h3-10,17H,11H2,1-2H3,(H2,19,22)(H,20,21)/t17-/m0/s1. The zero-order valence-corrected chi connectivity index (χ0v) is 13.2. The molecule has 0 saturated heterocycles. The van der Waals surface area contributed by atoms with Gasteiger partial charge in [-0.15, -0.1) is 0 Å². The number of hydrogen-bond acceptors (Lipinski definition) is 3. The first kappa shape index (κ1) is 16.5. The summed E-state index contributed by atoms with van der Waals surface area (Å²) in [6, 6.07) is 13.6. The Hall–Kier alpha value is -2.82. The van der Waals surface area contributed by atoms with Gasteiger partial charge in [0.15, 0.2) is 6.61 Å². The molecular formula is C18H20N2O3. The molecule has 2 rings (SSSR count). The lowest BCUT2D eigenvalue weighted by molar-refractivity contribution is -0.128. The molecule has 3 N–H and O–H groups in total. The Balaban J connectivity index is 1.97. The summed E-state index contributed by atoms with van der Waals surface area (Å²) >= 11 is 0. The molecule has 0 heterocycles. The monoisotopic (exact) mass is 312 g/mol. The molecule has 5 nitrogen and oxygen atoms in total. The van der Waals surface area contributed by atoms with Crippen LogP contribution in [-0.4, -0.2) is 18.4 Å². The fourth-order valence-corrected chi connectivity index (χ4v) is 2.12. The molecule has 0 radical (unpaired) electrons.